The van der Waals surface area contributed by atoms with Crippen molar-refractivity contribution in [3.05, 3.63) is 0 Å². The van der Waals surface area contributed by atoms with E-state index in [1.807, 2.05) is 18.2 Å². The van der Waals surface area contributed by atoms with E-state index in [9.17, 15) is 20.6 Å². The molecule has 0 aromatic heterocycles. The fraction of sp³-hybridized carbons (Fsp3) is 0.667. The molecule has 1 rings (SSSR count). The molecule has 17 heavy (non-hydrogen) atoms. The summed E-state index contributed by atoms with van der Waals surface area (Å²) in [4.78, 5) is 11.9. The van der Waals surface area contributed by atoms with Gasteiger partial charge in [0, 0.05) is 5.41 Å². The number of hydrogen-bond donors (Lipinski definition) is 0. The lowest BCUT2D eigenvalue weighted by Gasteiger charge is -2.11. The van der Waals surface area contributed by atoms with Gasteiger partial charge < -0.3 is 4.74 Å². The van der Waals surface area contributed by atoms with Crippen LogP contribution in [-0.2, 0) is 9.53 Å². The molecule has 0 aliphatic heterocycles. The number of nitrogens with zero attached hydrogens (tertiary/aromatic N) is 3. The molecule has 0 N–H and O–H groups in total. The maximum absolute atomic E-state index is 11.9. The number of carbonyl (C=O) groups is 1. The summed E-state index contributed by atoms with van der Waals surface area (Å²) in [6.45, 7) is 5.10. The van der Waals surface area contributed by atoms with Crippen molar-refractivity contribution >= 4 is 5.97 Å². The molecule has 5 nitrogen and oxygen atoms in total. The van der Waals surface area contributed by atoms with Gasteiger partial charge in [-0.05, 0) is 13.3 Å². The van der Waals surface area contributed by atoms with Crippen molar-refractivity contribution in [2.75, 3.05) is 6.61 Å². The Morgan fingerprint density at radius 3 is 1.94 bits per heavy atom. The van der Waals surface area contributed by atoms with E-state index in [0.29, 0.717) is 6.42 Å². The monoisotopic (exact) mass is 231 g/mol. The molecule has 2 unspecified atom stereocenters. The second kappa shape index (κ2) is 3.75. The van der Waals surface area contributed by atoms with Crippen LogP contribution in [0.5, 0.6) is 0 Å². The molecule has 1 aliphatic rings. The predicted octanol–water partition coefficient (Wildman–Crippen LogP) is 1.52. The van der Waals surface area contributed by atoms with Crippen LogP contribution in [-0.4, -0.2) is 12.6 Å². The third-order valence-corrected chi connectivity index (χ3v) is 3.95. The summed E-state index contributed by atoms with van der Waals surface area (Å²) in [6, 6.07) is 5.53. The molecule has 0 amide bonds. The number of esters is 1. The lowest BCUT2D eigenvalue weighted by Crippen LogP contribution is -2.25. The second-order valence-electron chi connectivity index (χ2n) is 4.24. The Kier molecular flexibility index (Phi) is 2.87. The van der Waals surface area contributed by atoms with Crippen molar-refractivity contribution in [3.8, 4) is 18.2 Å². The van der Waals surface area contributed by atoms with E-state index >= 15 is 0 Å². The van der Waals surface area contributed by atoms with E-state index in [-0.39, 0.29) is 6.61 Å². The van der Waals surface area contributed by atoms with Gasteiger partial charge in [0.05, 0.1) is 24.8 Å². The molecule has 0 bridgehead atoms. The minimum absolute atomic E-state index is 0.120. The number of carbonyl (C=O) groups excluding carboxylic acids is 1. The largest absolute Gasteiger partial charge is 0.465 e. The lowest BCUT2D eigenvalue weighted by atomic mass is 9.93. The molecule has 0 saturated heterocycles. The highest BCUT2D eigenvalue weighted by atomic mass is 16.5. The van der Waals surface area contributed by atoms with Gasteiger partial charge >= 0.3 is 5.97 Å². The van der Waals surface area contributed by atoms with Crippen molar-refractivity contribution < 1.29 is 9.53 Å². The van der Waals surface area contributed by atoms with E-state index < -0.39 is 22.2 Å². The highest BCUT2D eigenvalue weighted by Gasteiger charge is 2.91. The van der Waals surface area contributed by atoms with Gasteiger partial charge in [-0.3, -0.25) is 4.79 Å². The topological polar surface area (TPSA) is 97.7 Å². The molecular weight excluding hydrogens is 218 g/mol. The van der Waals surface area contributed by atoms with E-state index in [1.54, 1.807) is 20.8 Å². The van der Waals surface area contributed by atoms with Crippen LogP contribution in [0.15, 0.2) is 0 Å². The highest BCUT2D eigenvalue weighted by molar-refractivity contribution is 5.90. The second-order valence-corrected chi connectivity index (χ2v) is 4.24. The molecular formula is C12H13N3O2. The molecule has 1 saturated carbocycles. The van der Waals surface area contributed by atoms with Crippen LogP contribution in [0, 0.1) is 50.2 Å². The molecule has 0 aromatic rings. The van der Waals surface area contributed by atoms with E-state index in [1.165, 1.54) is 0 Å². The summed E-state index contributed by atoms with van der Waals surface area (Å²) in [5, 5.41) is 27.6. The zero-order valence-electron chi connectivity index (χ0n) is 10.1. The smallest absolute Gasteiger partial charge is 0.329 e. The van der Waals surface area contributed by atoms with Crippen LogP contribution in [0.1, 0.15) is 27.2 Å². The Labute approximate surface area is 100 Å². The number of ether oxygens (including phenoxy) is 1. The average Bonchev–Trinajstić information content (AvgIpc) is 2.84. The fourth-order valence-electron chi connectivity index (χ4n) is 2.62. The first-order valence-corrected chi connectivity index (χ1v) is 5.39. The zero-order chi connectivity index (χ0) is 13.3. The van der Waals surface area contributed by atoms with Crippen LogP contribution in [0.4, 0.5) is 0 Å². The number of rotatable bonds is 3. The van der Waals surface area contributed by atoms with Gasteiger partial charge in [0.25, 0.3) is 0 Å². The molecule has 1 fully saturated rings. The molecule has 0 heterocycles. The number of hydrogen-bond acceptors (Lipinski definition) is 5. The van der Waals surface area contributed by atoms with Crippen molar-refractivity contribution in [2.45, 2.75) is 27.2 Å². The maximum atomic E-state index is 11.9. The van der Waals surface area contributed by atoms with Gasteiger partial charge in [0.15, 0.2) is 10.8 Å². The molecule has 0 spiro atoms. The van der Waals surface area contributed by atoms with Crippen LogP contribution in [0.2, 0.25) is 0 Å². The number of nitriles is 3. The van der Waals surface area contributed by atoms with Crippen molar-refractivity contribution in [1.82, 2.24) is 0 Å². The minimum atomic E-state index is -1.66. The standard InChI is InChI=1S/C12H13N3O2/c1-4-10(3)11(6-13,7-14)12(10,8-15)9(16)17-5-2/h4-5H2,1-3H3. The van der Waals surface area contributed by atoms with Gasteiger partial charge in [0.2, 0.25) is 0 Å². The summed E-state index contributed by atoms with van der Waals surface area (Å²) in [7, 11) is 0. The summed E-state index contributed by atoms with van der Waals surface area (Å²) in [5.41, 5.74) is -4.23. The first kappa shape index (κ1) is 13.0. The van der Waals surface area contributed by atoms with Crippen molar-refractivity contribution in [3.63, 3.8) is 0 Å². The Morgan fingerprint density at radius 1 is 1.18 bits per heavy atom. The summed E-state index contributed by atoms with van der Waals surface area (Å²) in [5.74, 6) is -0.769. The predicted molar refractivity (Wildman–Crippen MR) is 56.7 cm³/mol. The van der Waals surface area contributed by atoms with E-state index in [2.05, 4.69) is 0 Å². The Bertz CT molecular complexity index is 465. The molecule has 1 aliphatic carbocycles. The quantitative estimate of drug-likeness (QED) is 0.686. The van der Waals surface area contributed by atoms with Gasteiger partial charge in [-0.25, -0.2) is 0 Å². The summed E-state index contributed by atoms with van der Waals surface area (Å²) >= 11 is 0. The summed E-state index contributed by atoms with van der Waals surface area (Å²) < 4.78 is 4.85. The fourth-order valence-corrected chi connectivity index (χ4v) is 2.62. The van der Waals surface area contributed by atoms with Crippen molar-refractivity contribution in [2.24, 2.45) is 16.2 Å². The SMILES string of the molecule is CCOC(=O)C1(C#N)C(C#N)(C#N)C1(C)CC. The Morgan fingerprint density at radius 2 is 1.71 bits per heavy atom. The Hall–Kier alpha value is -2.06. The summed E-state index contributed by atoms with van der Waals surface area (Å²) in [6.07, 6.45) is 0.389. The lowest BCUT2D eigenvalue weighted by molar-refractivity contribution is -0.149. The minimum Gasteiger partial charge on any atom is -0.465 e. The maximum Gasteiger partial charge on any atom is 0.329 e. The van der Waals surface area contributed by atoms with Crippen LogP contribution >= 0.6 is 0 Å². The zero-order valence-corrected chi connectivity index (χ0v) is 10.1. The van der Waals surface area contributed by atoms with Gasteiger partial charge in [-0.1, -0.05) is 13.8 Å². The highest BCUT2D eigenvalue weighted by Crippen LogP contribution is 2.79. The third-order valence-electron chi connectivity index (χ3n) is 3.95. The third kappa shape index (κ3) is 1.03. The normalized spacial score (nSPS) is 32.7. The molecule has 0 aromatic carbocycles. The van der Waals surface area contributed by atoms with Gasteiger partial charge in [-0.2, -0.15) is 15.8 Å². The average molecular weight is 231 g/mol. The van der Waals surface area contributed by atoms with Gasteiger partial charge in [-0.15, -0.1) is 0 Å². The van der Waals surface area contributed by atoms with Crippen molar-refractivity contribution in [1.29, 1.82) is 15.8 Å². The van der Waals surface area contributed by atoms with E-state index in [0.717, 1.165) is 0 Å². The van der Waals surface area contributed by atoms with Crippen LogP contribution < -0.4 is 0 Å². The molecule has 0 radical (unpaired) electrons. The molecule has 5 heteroatoms. The Balaban J connectivity index is 3.40. The molecule has 2 atom stereocenters. The van der Waals surface area contributed by atoms with Gasteiger partial charge in [0.1, 0.15) is 0 Å². The molecule has 88 valence electrons. The van der Waals surface area contributed by atoms with Crippen LogP contribution in [0.3, 0.4) is 0 Å². The van der Waals surface area contributed by atoms with E-state index in [4.69, 9.17) is 4.74 Å². The van der Waals surface area contributed by atoms with Crippen LogP contribution in [0.25, 0.3) is 0 Å². The first-order valence-electron chi connectivity index (χ1n) is 5.39. The first-order chi connectivity index (χ1) is 7.97.